The fraction of sp³-hybridized carbons (Fsp3) is 0.550. The van der Waals surface area contributed by atoms with Gasteiger partial charge in [0.15, 0.2) is 0 Å². The Hall–Kier alpha value is -1.13. The molecule has 5 rings (SSSR count). The second kappa shape index (κ2) is 5.99. The van der Waals surface area contributed by atoms with Crippen LogP contribution in [0, 0.1) is 23.2 Å². The van der Waals surface area contributed by atoms with Crippen LogP contribution in [-0.2, 0) is 6.54 Å². The monoisotopic (exact) mass is 388 g/mol. The molecule has 3 aliphatic carbocycles. The maximum atomic E-state index is 5.68. The minimum absolute atomic E-state index is 0.540. The van der Waals surface area contributed by atoms with E-state index in [1.807, 2.05) is 24.3 Å². The normalized spacial score (nSPS) is 30.8. The Bertz CT molecular complexity index is 739. The van der Waals surface area contributed by atoms with Gasteiger partial charge in [-0.25, -0.2) is 4.98 Å². The predicted octanol–water partition coefficient (Wildman–Crippen LogP) is 5.26. The van der Waals surface area contributed by atoms with Crippen LogP contribution in [0.15, 0.2) is 39.4 Å². The smallest absolute Gasteiger partial charge is 0.227 e. The van der Waals surface area contributed by atoms with Crippen molar-refractivity contribution in [1.29, 1.82) is 0 Å². The van der Waals surface area contributed by atoms with Crippen LogP contribution in [0.4, 0.5) is 0 Å². The van der Waals surface area contributed by atoms with Crippen LogP contribution in [0.25, 0.3) is 11.5 Å². The lowest BCUT2D eigenvalue weighted by Gasteiger charge is -2.62. The second-order valence-corrected chi connectivity index (χ2v) is 8.92. The van der Waals surface area contributed by atoms with Crippen molar-refractivity contribution in [1.82, 2.24) is 10.3 Å². The number of hydrogen-bond donors (Lipinski definition) is 1. The van der Waals surface area contributed by atoms with Crippen molar-refractivity contribution in [3.8, 4) is 11.5 Å². The van der Waals surface area contributed by atoms with Gasteiger partial charge >= 0.3 is 0 Å². The maximum absolute atomic E-state index is 5.68. The molecule has 0 aliphatic heterocycles. The summed E-state index contributed by atoms with van der Waals surface area (Å²) in [6.07, 6.45) is 4.49. The highest BCUT2D eigenvalue weighted by Gasteiger charge is 2.55. The largest absolute Gasteiger partial charge is 0.444 e. The average molecular weight is 389 g/mol. The highest BCUT2D eigenvalue weighted by atomic mass is 79.9. The molecule has 0 spiro atoms. The molecular weight excluding hydrogens is 364 g/mol. The number of nitrogens with zero attached hydrogens (tertiary/aromatic N) is 1. The number of oxazole rings is 1. The number of nitrogens with one attached hydrogen (secondary N) is 1. The second-order valence-electron chi connectivity index (χ2n) is 8.07. The van der Waals surface area contributed by atoms with Gasteiger partial charge in [-0.3, -0.25) is 0 Å². The molecule has 3 nitrogen and oxygen atoms in total. The molecule has 2 bridgehead atoms. The number of fused-ring (bicyclic) bond motifs is 2. The highest BCUT2D eigenvalue weighted by Crippen LogP contribution is 2.61. The zero-order valence-electron chi connectivity index (χ0n) is 14.6. The number of halogens is 1. The Balaban J connectivity index is 1.40. The van der Waals surface area contributed by atoms with Gasteiger partial charge in [0.2, 0.25) is 5.89 Å². The van der Waals surface area contributed by atoms with Gasteiger partial charge in [-0.15, -0.1) is 0 Å². The quantitative estimate of drug-likeness (QED) is 0.775. The first-order valence-electron chi connectivity index (χ1n) is 8.89. The molecule has 0 saturated heterocycles. The molecule has 0 radical (unpaired) electrons. The van der Waals surface area contributed by atoms with E-state index >= 15 is 0 Å². The van der Waals surface area contributed by atoms with Crippen LogP contribution in [-0.4, -0.2) is 11.0 Å². The first kappa shape index (κ1) is 16.3. The van der Waals surface area contributed by atoms with E-state index in [2.05, 4.69) is 47.0 Å². The van der Waals surface area contributed by atoms with Gasteiger partial charge in [0.25, 0.3) is 0 Å². The number of rotatable bonds is 4. The van der Waals surface area contributed by atoms with E-state index in [-0.39, 0.29) is 0 Å². The first-order chi connectivity index (χ1) is 11.5. The van der Waals surface area contributed by atoms with Crippen LogP contribution < -0.4 is 5.32 Å². The Labute approximate surface area is 152 Å². The summed E-state index contributed by atoms with van der Waals surface area (Å²) >= 11 is 3.56. The molecule has 1 aromatic carbocycles. The van der Waals surface area contributed by atoms with Gasteiger partial charge in [0, 0.05) is 17.1 Å². The molecule has 3 fully saturated rings. The van der Waals surface area contributed by atoms with Gasteiger partial charge in [0.05, 0.1) is 11.3 Å². The highest BCUT2D eigenvalue weighted by molar-refractivity contribution is 9.10. The molecule has 3 saturated carbocycles. The summed E-state index contributed by atoms with van der Waals surface area (Å²) < 4.78 is 6.69. The Morgan fingerprint density at radius 1 is 1.29 bits per heavy atom. The van der Waals surface area contributed by atoms with Gasteiger partial charge in [-0.1, -0.05) is 32.9 Å². The van der Waals surface area contributed by atoms with Crippen molar-refractivity contribution in [3.05, 3.63) is 40.7 Å². The van der Waals surface area contributed by atoms with Crippen LogP contribution >= 0.6 is 15.9 Å². The van der Waals surface area contributed by atoms with Crippen LogP contribution in [0.5, 0.6) is 0 Å². The van der Waals surface area contributed by atoms with Gasteiger partial charge in [-0.05, 0) is 64.1 Å². The lowest BCUT2D eigenvalue weighted by molar-refractivity contribution is -0.115. The summed E-state index contributed by atoms with van der Waals surface area (Å²) in [6.45, 7) is 8.08. The third-order valence-electron chi connectivity index (χ3n) is 6.56. The summed E-state index contributed by atoms with van der Waals surface area (Å²) in [6, 6.07) is 8.63. The molecule has 128 valence electrons. The molecule has 0 amide bonds. The van der Waals surface area contributed by atoms with E-state index in [0.29, 0.717) is 17.3 Å². The van der Waals surface area contributed by atoms with E-state index < -0.39 is 0 Å². The standard InChI is InChI=1S/C20H25BrN2O/c1-12-16-8-13(20(16,2)3)9-18(12)22-10-14-11-24-19(23-14)15-6-4-5-7-17(15)21/h4-7,11-13,16,18,22H,8-10H2,1-3H3/t12-,13+,16-,18?/m1/s1. The minimum atomic E-state index is 0.540. The van der Waals surface area contributed by atoms with Gasteiger partial charge in [-0.2, -0.15) is 0 Å². The van der Waals surface area contributed by atoms with E-state index in [9.17, 15) is 0 Å². The lowest BCUT2D eigenvalue weighted by atomic mass is 9.45. The zero-order valence-corrected chi connectivity index (χ0v) is 16.1. The van der Waals surface area contributed by atoms with Crippen molar-refractivity contribution >= 4 is 15.9 Å². The number of hydrogen-bond acceptors (Lipinski definition) is 3. The van der Waals surface area contributed by atoms with Crippen molar-refractivity contribution in [2.75, 3.05) is 0 Å². The fourth-order valence-corrected chi connectivity index (χ4v) is 5.26. The van der Waals surface area contributed by atoms with Crippen LogP contribution in [0.1, 0.15) is 39.3 Å². The third kappa shape index (κ3) is 2.64. The average Bonchev–Trinajstić information content (AvgIpc) is 3.02. The summed E-state index contributed by atoms with van der Waals surface area (Å²) in [5.41, 5.74) is 2.52. The molecule has 3 aliphatic rings. The molecule has 1 heterocycles. The zero-order chi connectivity index (χ0) is 16.9. The molecule has 4 heteroatoms. The maximum Gasteiger partial charge on any atom is 0.227 e. The summed E-state index contributed by atoms with van der Waals surface area (Å²) in [5, 5.41) is 3.73. The fourth-order valence-electron chi connectivity index (χ4n) is 4.80. The number of benzene rings is 1. The van der Waals surface area contributed by atoms with E-state index in [1.54, 1.807) is 6.26 Å². The summed E-state index contributed by atoms with van der Waals surface area (Å²) in [4.78, 5) is 4.65. The van der Waals surface area contributed by atoms with E-state index in [0.717, 1.165) is 40.0 Å². The van der Waals surface area contributed by atoms with Crippen molar-refractivity contribution < 1.29 is 4.42 Å². The minimum Gasteiger partial charge on any atom is -0.444 e. The molecular formula is C20H25BrN2O. The number of aromatic nitrogens is 1. The molecule has 24 heavy (non-hydrogen) atoms. The molecule has 4 atom stereocenters. The van der Waals surface area contributed by atoms with Crippen molar-refractivity contribution in [2.24, 2.45) is 23.2 Å². The predicted molar refractivity (Wildman–Crippen MR) is 99.4 cm³/mol. The Morgan fingerprint density at radius 2 is 2.08 bits per heavy atom. The molecule has 1 aromatic heterocycles. The third-order valence-corrected chi connectivity index (χ3v) is 7.25. The SMILES string of the molecule is C[C@H]1C(NCc2coc(-c3ccccc3Br)n2)C[C@@H]2C[C@H]1C2(C)C. The molecule has 2 aromatic rings. The van der Waals surface area contributed by atoms with Crippen molar-refractivity contribution in [2.45, 2.75) is 46.2 Å². The van der Waals surface area contributed by atoms with E-state index in [1.165, 1.54) is 12.8 Å². The molecule has 1 N–H and O–H groups in total. The van der Waals surface area contributed by atoms with E-state index in [4.69, 9.17) is 4.42 Å². The Kier molecular flexibility index (Phi) is 4.08. The topological polar surface area (TPSA) is 38.1 Å². The summed E-state index contributed by atoms with van der Waals surface area (Å²) in [5.74, 6) is 3.16. The van der Waals surface area contributed by atoms with Crippen LogP contribution in [0.2, 0.25) is 0 Å². The van der Waals surface area contributed by atoms with Gasteiger partial charge in [0.1, 0.15) is 6.26 Å². The van der Waals surface area contributed by atoms with Crippen molar-refractivity contribution in [3.63, 3.8) is 0 Å². The first-order valence-corrected chi connectivity index (χ1v) is 9.69. The van der Waals surface area contributed by atoms with Crippen LogP contribution in [0.3, 0.4) is 0 Å². The Morgan fingerprint density at radius 3 is 2.79 bits per heavy atom. The lowest BCUT2D eigenvalue weighted by Crippen LogP contribution is -2.59. The summed E-state index contributed by atoms with van der Waals surface area (Å²) in [7, 11) is 0. The van der Waals surface area contributed by atoms with Gasteiger partial charge < -0.3 is 9.73 Å². The molecule has 1 unspecified atom stereocenters.